The molecule has 2 atom stereocenters. The number of rotatable bonds is 1. The molecule has 68 valence electrons. The highest BCUT2D eigenvalue weighted by atomic mass is 32.2. The fourth-order valence-electron chi connectivity index (χ4n) is 1.73. The Morgan fingerprint density at radius 2 is 2.58 bits per heavy atom. The van der Waals surface area contributed by atoms with Crippen molar-refractivity contribution in [1.29, 1.82) is 0 Å². The highest BCUT2D eigenvalue weighted by Crippen LogP contribution is 2.31. The summed E-state index contributed by atoms with van der Waals surface area (Å²) in [6.45, 7) is 3.00. The third kappa shape index (κ3) is 1.51. The van der Waals surface area contributed by atoms with Gasteiger partial charge in [-0.15, -0.1) is 11.8 Å². The molecule has 3 nitrogen and oxygen atoms in total. The summed E-state index contributed by atoms with van der Waals surface area (Å²) in [7, 11) is 2.17. The number of likely N-dealkylation sites (tertiary alicyclic amines) is 1. The molecular formula is C8H15N3S. The second-order valence-electron chi connectivity index (χ2n) is 3.45. The Morgan fingerprint density at radius 1 is 1.75 bits per heavy atom. The van der Waals surface area contributed by atoms with E-state index in [-0.39, 0.29) is 0 Å². The quantitative estimate of drug-likeness (QED) is 0.633. The number of hydrogen-bond donors (Lipinski definition) is 1. The van der Waals surface area contributed by atoms with E-state index in [1.54, 1.807) is 0 Å². The second kappa shape index (κ2) is 3.36. The van der Waals surface area contributed by atoms with E-state index in [0.717, 1.165) is 19.5 Å². The van der Waals surface area contributed by atoms with Crippen molar-refractivity contribution < 1.29 is 0 Å². The van der Waals surface area contributed by atoms with Crippen LogP contribution < -0.4 is 5.73 Å². The molecule has 2 aliphatic heterocycles. The lowest BCUT2D eigenvalue weighted by Crippen LogP contribution is -2.38. The maximum absolute atomic E-state index is 5.58. The molecule has 0 amide bonds. The van der Waals surface area contributed by atoms with Gasteiger partial charge in [-0.05, 0) is 13.5 Å². The van der Waals surface area contributed by atoms with Crippen molar-refractivity contribution in [2.75, 3.05) is 26.7 Å². The Balaban J connectivity index is 2.03. The summed E-state index contributed by atoms with van der Waals surface area (Å²) in [5, 5.41) is 0.980. The molecule has 2 unspecified atom stereocenters. The fraction of sp³-hybridized carbons (Fsp3) is 0.875. The highest BCUT2D eigenvalue weighted by Gasteiger charge is 2.31. The molecule has 0 spiro atoms. The van der Waals surface area contributed by atoms with Gasteiger partial charge in [0.15, 0.2) is 0 Å². The lowest BCUT2D eigenvalue weighted by atomic mass is 10.1. The lowest BCUT2D eigenvalue weighted by molar-refractivity contribution is 0.341. The number of thioether (sulfide) groups is 1. The molecule has 0 saturated carbocycles. The monoisotopic (exact) mass is 185 g/mol. The summed E-state index contributed by atoms with van der Waals surface area (Å²) in [6, 6.07) is 0. The summed E-state index contributed by atoms with van der Waals surface area (Å²) >= 11 is 1.93. The first-order chi connectivity index (χ1) is 5.79. The second-order valence-corrected chi connectivity index (χ2v) is 4.83. The molecule has 2 rings (SSSR count). The van der Waals surface area contributed by atoms with Crippen molar-refractivity contribution in [1.82, 2.24) is 4.90 Å². The van der Waals surface area contributed by atoms with Crippen LogP contribution in [0, 0.1) is 0 Å². The zero-order chi connectivity index (χ0) is 8.55. The Hall–Kier alpha value is -0.0600. The lowest BCUT2D eigenvalue weighted by Gasteiger charge is -2.27. The van der Waals surface area contributed by atoms with Crippen molar-refractivity contribution in [3.63, 3.8) is 0 Å². The van der Waals surface area contributed by atoms with Crippen LogP contribution in [0.1, 0.15) is 6.42 Å². The van der Waals surface area contributed by atoms with E-state index in [1.165, 1.54) is 5.71 Å². The van der Waals surface area contributed by atoms with Crippen LogP contribution in [0.4, 0.5) is 0 Å². The SMILES string of the molecule is CN1CCC2=NC(CN)SC2C1. The predicted octanol–water partition coefficient (Wildman–Crippen LogP) is 0.163. The summed E-state index contributed by atoms with van der Waals surface area (Å²) in [6.07, 6.45) is 1.14. The van der Waals surface area contributed by atoms with Gasteiger partial charge in [0.2, 0.25) is 0 Å². The molecule has 0 aromatic heterocycles. The number of nitrogens with two attached hydrogens (primary N) is 1. The van der Waals surface area contributed by atoms with E-state index in [2.05, 4.69) is 16.9 Å². The van der Waals surface area contributed by atoms with Crippen LogP contribution >= 0.6 is 11.8 Å². The molecule has 2 N–H and O–H groups in total. The van der Waals surface area contributed by atoms with Crippen LogP contribution in [0.2, 0.25) is 0 Å². The first-order valence-electron chi connectivity index (χ1n) is 4.40. The third-order valence-corrected chi connectivity index (χ3v) is 3.79. The van der Waals surface area contributed by atoms with E-state index in [4.69, 9.17) is 5.73 Å². The largest absolute Gasteiger partial charge is 0.328 e. The molecule has 0 aromatic carbocycles. The smallest absolute Gasteiger partial charge is 0.108 e. The van der Waals surface area contributed by atoms with Crippen molar-refractivity contribution in [2.45, 2.75) is 17.0 Å². The molecule has 0 radical (unpaired) electrons. The predicted molar refractivity (Wildman–Crippen MR) is 53.8 cm³/mol. The number of hydrogen-bond acceptors (Lipinski definition) is 4. The molecule has 4 heteroatoms. The minimum Gasteiger partial charge on any atom is -0.328 e. The number of aliphatic imine (C=N–C) groups is 1. The Bertz CT molecular complexity index is 204. The van der Waals surface area contributed by atoms with Gasteiger partial charge in [-0.1, -0.05) is 0 Å². The van der Waals surface area contributed by atoms with Crippen LogP contribution in [0.15, 0.2) is 4.99 Å². The van der Waals surface area contributed by atoms with Gasteiger partial charge in [0, 0.05) is 25.3 Å². The zero-order valence-electron chi connectivity index (χ0n) is 7.36. The molecule has 0 bridgehead atoms. The maximum atomic E-state index is 5.58. The van der Waals surface area contributed by atoms with E-state index in [1.807, 2.05) is 11.8 Å². The number of piperidine rings is 1. The average Bonchev–Trinajstić information content (AvgIpc) is 2.46. The number of fused-ring (bicyclic) bond motifs is 1. The average molecular weight is 185 g/mol. The topological polar surface area (TPSA) is 41.6 Å². The third-order valence-electron chi connectivity index (χ3n) is 2.43. The molecule has 1 fully saturated rings. The summed E-state index contributed by atoms with van der Waals surface area (Å²) in [5.74, 6) is 0. The zero-order valence-corrected chi connectivity index (χ0v) is 8.18. The Kier molecular flexibility index (Phi) is 2.39. The molecule has 2 aliphatic rings. The summed E-state index contributed by atoms with van der Waals surface area (Å²) < 4.78 is 0. The molecule has 1 saturated heterocycles. The minimum absolute atomic E-state index is 0.344. The van der Waals surface area contributed by atoms with Gasteiger partial charge in [0.1, 0.15) is 5.37 Å². The summed E-state index contributed by atoms with van der Waals surface area (Å²) in [5.41, 5.74) is 6.98. The first-order valence-corrected chi connectivity index (χ1v) is 5.34. The normalized spacial score (nSPS) is 36.3. The molecule has 0 aromatic rings. The van der Waals surface area contributed by atoms with Gasteiger partial charge in [0.25, 0.3) is 0 Å². The van der Waals surface area contributed by atoms with Crippen LogP contribution in [-0.4, -0.2) is 47.9 Å². The van der Waals surface area contributed by atoms with Crippen molar-refractivity contribution in [3.05, 3.63) is 0 Å². The Morgan fingerprint density at radius 3 is 3.33 bits per heavy atom. The van der Waals surface area contributed by atoms with E-state index < -0.39 is 0 Å². The number of nitrogens with zero attached hydrogens (tertiary/aromatic N) is 2. The van der Waals surface area contributed by atoms with E-state index in [9.17, 15) is 0 Å². The van der Waals surface area contributed by atoms with Gasteiger partial charge in [-0.25, -0.2) is 0 Å². The van der Waals surface area contributed by atoms with Crippen LogP contribution in [0.25, 0.3) is 0 Å². The molecule has 0 aliphatic carbocycles. The van der Waals surface area contributed by atoms with Crippen LogP contribution in [0.3, 0.4) is 0 Å². The van der Waals surface area contributed by atoms with Crippen molar-refractivity contribution >= 4 is 17.5 Å². The first kappa shape index (κ1) is 8.53. The Labute approximate surface area is 77.4 Å². The van der Waals surface area contributed by atoms with E-state index in [0.29, 0.717) is 17.2 Å². The fourth-order valence-corrected chi connectivity index (χ4v) is 3.09. The van der Waals surface area contributed by atoms with Gasteiger partial charge in [-0.3, -0.25) is 4.99 Å². The van der Waals surface area contributed by atoms with Gasteiger partial charge in [-0.2, -0.15) is 0 Å². The van der Waals surface area contributed by atoms with E-state index >= 15 is 0 Å². The van der Waals surface area contributed by atoms with Crippen LogP contribution in [0.5, 0.6) is 0 Å². The van der Waals surface area contributed by atoms with Crippen molar-refractivity contribution in [2.24, 2.45) is 10.7 Å². The van der Waals surface area contributed by atoms with Gasteiger partial charge in [0.05, 0.1) is 5.25 Å². The molecular weight excluding hydrogens is 170 g/mol. The van der Waals surface area contributed by atoms with Crippen molar-refractivity contribution in [3.8, 4) is 0 Å². The van der Waals surface area contributed by atoms with Gasteiger partial charge < -0.3 is 10.6 Å². The highest BCUT2D eigenvalue weighted by molar-refractivity contribution is 8.01. The minimum atomic E-state index is 0.344. The van der Waals surface area contributed by atoms with Crippen LogP contribution in [-0.2, 0) is 0 Å². The standard InChI is InChI=1S/C8H15N3S/c1-11-3-2-6-7(5-11)12-8(4-9)10-6/h7-8H,2-5,9H2,1H3. The summed E-state index contributed by atoms with van der Waals surface area (Å²) in [4.78, 5) is 6.96. The maximum Gasteiger partial charge on any atom is 0.108 e. The molecule has 12 heavy (non-hydrogen) atoms. The van der Waals surface area contributed by atoms with Gasteiger partial charge >= 0.3 is 0 Å². The molecule has 2 heterocycles.